The molecule has 0 spiro atoms. The number of benzene rings is 2. The molecular weight excluding hydrogens is 430 g/mol. The van der Waals surface area contributed by atoms with Crippen molar-refractivity contribution in [1.82, 2.24) is 9.99 Å². The number of hydrogen-bond acceptors (Lipinski definition) is 7. The van der Waals surface area contributed by atoms with E-state index in [0.29, 0.717) is 28.1 Å². The summed E-state index contributed by atoms with van der Waals surface area (Å²) in [5.41, 5.74) is 3.04. The molecule has 0 bridgehead atoms. The van der Waals surface area contributed by atoms with Crippen molar-refractivity contribution >= 4 is 29.1 Å². The first kappa shape index (κ1) is 20.4. The first-order chi connectivity index (χ1) is 15.5. The second-order valence-electron chi connectivity index (χ2n) is 7.76. The molecule has 2 atom stereocenters. The van der Waals surface area contributed by atoms with Gasteiger partial charge in [-0.2, -0.15) is 5.11 Å². The molecule has 162 valence electrons. The second-order valence-corrected chi connectivity index (χ2v) is 8.19. The Morgan fingerprint density at radius 3 is 2.59 bits per heavy atom. The number of aromatic nitrogens is 1. The zero-order valence-electron chi connectivity index (χ0n) is 17.5. The minimum Gasteiger partial charge on any atom is -0.441 e. The molecular formula is C23H20ClN5O3. The Morgan fingerprint density at radius 1 is 1.09 bits per heavy atom. The number of anilines is 1. The molecule has 3 heterocycles. The van der Waals surface area contributed by atoms with Crippen LogP contribution in [0, 0.1) is 6.92 Å². The van der Waals surface area contributed by atoms with Crippen LogP contribution < -0.4 is 4.90 Å². The van der Waals surface area contributed by atoms with Gasteiger partial charge in [0.25, 0.3) is 11.8 Å². The summed E-state index contributed by atoms with van der Waals surface area (Å²) in [5.74, 6) is 0.319. The smallest absolute Gasteiger partial charge is 0.263 e. The zero-order chi connectivity index (χ0) is 22.4. The second kappa shape index (κ2) is 7.87. The minimum atomic E-state index is -0.854. The van der Waals surface area contributed by atoms with E-state index >= 15 is 0 Å². The summed E-state index contributed by atoms with van der Waals surface area (Å²) in [7, 11) is 0. The minimum absolute atomic E-state index is 0.197. The monoisotopic (exact) mass is 449 g/mol. The number of imide groups is 1. The molecule has 1 saturated heterocycles. The number of aryl methyl sites for hydroxylation is 2. The molecule has 9 heteroatoms. The van der Waals surface area contributed by atoms with Gasteiger partial charge in [-0.05, 0) is 49.2 Å². The van der Waals surface area contributed by atoms with E-state index in [0.717, 1.165) is 17.5 Å². The number of oxazole rings is 1. The Balaban J connectivity index is 1.38. The summed E-state index contributed by atoms with van der Waals surface area (Å²) in [6.45, 7) is 4.04. The van der Waals surface area contributed by atoms with Gasteiger partial charge in [0.2, 0.25) is 5.89 Å². The van der Waals surface area contributed by atoms with Crippen LogP contribution in [0.4, 0.5) is 5.69 Å². The normalized spacial score (nSPS) is 19.8. The third kappa shape index (κ3) is 3.36. The van der Waals surface area contributed by atoms with E-state index in [9.17, 15) is 9.59 Å². The van der Waals surface area contributed by atoms with Gasteiger partial charge in [-0.3, -0.25) is 14.6 Å². The molecule has 1 aromatic heterocycles. The van der Waals surface area contributed by atoms with E-state index in [4.69, 9.17) is 16.0 Å². The molecule has 0 N–H and O–H groups in total. The summed E-state index contributed by atoms with van der Waals surface area (Å²) in [4.78, 5) is 31.9. The maximum absolute atomic E-state index is 13.2. The first-order valence-electron chi connectivity index (χ1n) is 10.3. The summed E-state index contributed by atoms with van der Waals surface area (Å²) in [6.07, 6.45) is 0.879. The molecule has 2 aliphatic rings. The highest BCUT2D eigenvalue weighted by molar-refractivity contribution is 6.30. The molecule has 0 saturated carbocycles. The quantitative estimate of drug-likeness (QED) is 0.540. The lowest BCUT2D eigenvalue weighted by Gasteiger charge is -2.20. The van der Waals surface area contributed by atoms with Crippen LogP contribution in [0.15, 0.2) is 63.3 Å². The highest BCUT2D eigenvalue weighted by atomic mass is 35.5. The van der Waals surface area contributed by atoms with E-state index in [1.54, 1.807) is 31.2 Å². The lowest BCUT2D eigenvalue weighted by atomic mass is 10.1. The molecule has 5 rings (SSSR count). The van der Waals surface area contributed by atoms with Crippen LogP contribution in [-0.2, 0) is 22.6 Å². The molecule has 1 fully saturated rings. The van der Waals surface area contributed by atoms with Crippen molar-refractivity contribution in [2.24, 2.45) is 10.3 Å². The molecule has 8 nitrogen and oxygen atoms in total. The van der Waals surface area contributed by atoms with Crippen LogP contribution >= 0.6 is 11.6 Å². The van der Waals surface area contributed by atoms with Crippen LogP contribution in [-0.4, -0.2) is 33.9 Å². The van der Waals surface area contributed by atoms with Crippen LogP contribution in [0.3, 0.4) is 0 Å². The number of carbonyl (C=O) groups is 2. The van der Waals surface area contributed by atoms with Gasteiger partial charge in [0.15, 0.2) is 12.1 Å². The highest BCUT2D eigenvalue weighted by Gasteiger charge is 2.54. The van der Waals surface area contributed by atoms with Gasteiger partial charge in [0, 0.05) is 10.6 Å². The average molecular weight is 450 g/mol. The van der Waals surface area contributed by atoms with E-state index in [2.05, 4.69) is 15.3 Å². The van der Waals surface area contributed by atoms with Gasteiger partial charge < -0.3 is 4.42 Å². The predicted molar refractivity (Wildman–Crippen MR) is 118 cm³/mol. The van der Waals surface area contributed by atoms with Crippen molar-refractivity contribution in [2.75, 3.05) is 4.90 Å². The SMILES string of the molecule is CCc1ccc(N2C(=O)C3N=NN(Cc4nc(-c5cccc(Cl)c5)oc4C)C3C2=O)cc1. The summed E-state index contributed by atoms with van der Waals surface area (Å²) >= 11 is 6.07. The third-order valence-electron chi connectivity index (χ3n) is 5.74. The number of amides is 2. The number of rotatable bonds is 5. The highest BCUT2D eigenvalue weighted by Crippen LogP contribution is 2.34. The number of hydrogen-bond donors (Lipinski definition) is 0. The van der Waals surface area contributed by atoms with Crippen molar-refractivity contribution < 1.29 is 14.0 Å². The first-order valence-corrected chi connectivity index (χ1v) is 10.7. The van der Waals surface area contributed by atoms with Crippen molar-refractivity contribution in [3.05, 3.63) is 70.6 Å². The van der Waals surface area contributed by atoms with Crippen molar-refractivity contribution in [2.45, 2.75) is 38.9 Å². The average Bonchev–Trinajstić information content (AvgIpc) is 3.44. The van der Waals surface area contributed by atoms with E-state index in [1.807, 2.05) is 31.2 Å². The maximum atomic E-state index is 13.2. The van der Waals surface area contributed by atoms with Crippen LogP contribution in [0.2, 0.25) is 5.02 Å². The van der Waals surface area contributed by atoms with E-state index in [-0.39, 0.29) is 18.4 Å². The summed E-state index contributed by atoms with van der Waals surface area (Å²) < 4.78 is 5.81. The van der Waals surface area contributed by atoms with Crippen LogP contribution in [0.5, 0.6) is 0 Å². The molecule has 2 aliphatic heterocycles. The summed E-state index contributed by atoms with van der Waals surface area (Å²) in [6, 6.07) is 13.0. The van der Waals surface area contributed by atoms with E-state index in [1.165, 1.54) is 9.91 Å². The Morgan fingerprint density at radius 2 is 1.88 bits per heavy atom. The number of halogens is 1. The van der Waals surface area contributed by atoms with Gasteiger partial charge >= 0.3 is 0 Å². The Hall–Kier alpha value is -3.52. The van der Waals surface area contributed by atoms with Crippen LogP contribution in [0.1, 0.15) is 23.9 Å². The number of nitrogens with zero attached hydrogens (tertiary/aromatic N) is 5. The van der Waals surface area contributed by atoms with Gasteiger partial charge in [-0.25, -0.2) is 9.88 Å². The topological polar surface area (TPSA) is 91.4 Å². The molecule has 2 unspecified atom stereocenters. The predicted octanol–water partition coefficient (Wildman–Crippen LogP) is 4.36. The number of fused-ring (bicyclic) bond motifs is 1. The number of carbonyl (C=O) groups excluding carboxylic acids is 2. The van der Waals surface area contributed by atoms with Crippen molar-refractivity contribution in [1.29, 1.82) is 0 Å². The largest absolute Gasteiger partial charge is 0.441 e. The lowest BCUT2D eigenvalue weighted by molar-refractivity contribution is -0.123. The summed E-state index contributed by atoms with van der Waals surface area (Å²) in [5, 5.41) is 10.3. The Labute approximate surface area is 189 Å². The van der Waals surface area contributed by atoms with Crippen LogP contribution in [0.25, 0.3) is 11.5 Å². The molecule has 2 amide bonds. The molecule has 3 aromatic rings. The van der Waals surface area contributed by atoms with Gasteiger partial charge in [0.1, 0.15) is 11.5 Å². The molecule has 2 aromatic carbocycles. The lowest BCUT2D eigenvalue weighted by Crippen LogP contribution is -2.39. The molecule has 0 aliphatic carbocycles. The maximum Gasteiger partial charge on any atom is 0.263 e. The van der Waals surface area contributed by atoms with Gasteiger partial charge in [-0.15, -0.1) is 0 Å². The third-order valence-corrected chi connectivity index (χ3v) is 5.97. The molecule has 0 radical (unpaired) electrons. The van der Waals surface area contributed by atoms with Gasteiger partial charge in [-0.1, -0.05) is 41.9 Å². The standard InChI is InChI=1S/C23H20ClN5O3/c1-3-14-7-9-17(10-8-14)29-22(30)19-20(23(29)31)28(27-26-19)12-18-13(2)32-21(25-18)15-5-4-6-16(24)11-15/h4-11,19-20H,3,12H2,1-2H3. The fourth-order valence-electron chi connectivity index (χ4n) is 3.96. The van der Waals surface area contributed by atoms with E-state index < -0.39 is 12.1 Å². The van der Waals surface area contributed by atoms with Crippen molar-refractivity contribution in [3.8, 4) is 11.5 Å². The Kier molecular flexibility index (Phi) is 5.01. The molecule has 32 heavy (non-hydrogen) atoms. The Bertz CT molecular complexity index is 1240. The van der Waals surface area contributed by atoms with Gasteiger partial charge in [0.05, 0.1) is 12.2 Å². The fourth-order valence-corrected chi connectivity index (χ4v) is 4.15. The fraction of sp³-hybridized carbons (Fsp3) is 0.261. The van der Waals surface area contributed by atoms with Crippen molar-refractivity contribution in [3.63, 3.8) is 0 Å². The zero-order valence-corrected chi connectivity index (χ0v) is 18.3.